The molecule has 1 fully saturated rings. The topological polar surface area (TPSA) is 49.8 Å². The summed E-state index contributed by atoms with van der Waals surface area (Å²) in [6.07, 6.45) is 0.495. The Balaban J connectivity index is 3.25. The first-order valence-corrected chi connectivity index (χ1v) is 5.16. The fourth-order valence-corrected chi connectivity index (χ4v) is 2.86. The van der Waals surface area contributed by atoms with Crippen LogP contribution in [0.3, 0.4) is 0 Å². The Morgan fingerprint density at radius 3 is 1.87 bits per heavy atom. The van der Waals surface area contributed by atoms with Crippen molar-refractivity contribution in [2.45, 2.75) is 50.9 Å². The van der Waals surface area contributed by atoms with Crippen molar-refractivity contribution in [2.75, 3.05) is 14.1 Å². The monoisotopic (exact) mass is 215 g/mol. The van der Waals surface area contributed by atoms with Gasteiger partial charge in [-0.1, -0.05) is 0 Å². The van der Waals surface area contributed by atoms with Gasteiger partial charge in [-0.25, -0.2) is 0 Å². The molecule has 1 aliphatic heterocycles. The first-order valence-electron chi connectivity index (χ1n) is 5.16. The Bertz CT molecular complexity index is 284. The summed E-state index contributed by atoms with van der Waals surface area (Å²) >= 11 is 0. The molecule has 88 valence electrons. The summed E-state index contributed by atoms with van der Waals surface area (Å²) in [5.74, 6) is -0.817. The van der Waals surface area contributed by atoms with Crippen LogP contribution in [0.4, 0.5) is 0 Å². The lowest BCUT2D eigenvalue weighted by Gasteiger charge is -2.41. The smallest absolute Gasteiger partial charge is 0.327 e. The summed E-state index contributed by atoms with van der Waals surface area (Å²) in [5.41, 5.74) is -2.03. The van der Waals surface area contributed by atoms with Crippen LogP contribution < -0.4 is 0 Å². The highest BCUT2D eigenvalue weighted by Gasteiger charge is 2.63. The van der Waals surface area contributed by atoms with E-state index in [-0.39, 0.29) is 0 Å². The lowest BCUT2D eigenvalue weighted by atomic mass is 9.78. The van der Waals surface area contributed by atoms with Crippen molar-refractivity contribution in [2.24, 2.45) is 0 Å². The number of likely N-dealkylation sites (N-methyl/N-ethyl adjacent to an activating group) is 1. The van der Waals surface area contributed by atoms with Gasteiger partial charge in [0.2, 0.25) is 0 Å². The minimum absolute atomic E-state index is 0.397. The standard InChI is InChI=1S/C11H21NO3/c1-9(2)7-11(8(13)14,12(5)6)10(3,4)15-9/h7H2,1-6H3,(H,13,14). The van der Waals surface area contributed by atoms with E-state index in [4.69, 9.17) is 4.74 Å². The number of carbonyl (C=O) groups is 1. The lowest BCUT2D eigenvalue weighted by Crippen LogP contribution is -2.61. The highest BCUT2D eigenvalue weighted by Crippen LogP contribution is 2.47. The Morgan fingerprint density at radius 2 is 1.73 bits per heavy atom. The van der Waals surface area contributed by atoms with E-state index in [2.05, 4.69) is 0 Å². The second kappa shape index (κ2) is 3.19. The molecule has 1 rings (SSSR count). The van der Waals surface area contributed by atoms with Crippen LogP contribution in [-0.4, -0.2) is 46.8 Å². The minimum atomic E-state index is -0.948. The summed E-state index contributed by atoms with van der Waals surface area (Å²) in [7, 11) is 3.58. The normalized spacial score (nSPS) is 33.3. The molecule has 1 heterocycles. The largest absolute Gasteiger partial charge is 0.480 e. The zero-order chi connectivity index (χ0) is 12.1. The van der Waals surface area contributed by atoms with Crippen LogP contribution in [0.5, 0.6) is 0 Å². The van der Waals surface area contributed by atoms with Gasteiger partial charge in [0.25, 0.3) is 0 Å². The van der Waals surface area contributed by atoms with Crippen LogP contribution in [0.25, 0.3) is 0 Å². The Morgan fingerprint density at radius 1 is 1.27 bits per heavy atom. The molecule has 4 nitrogen and oxygen atoms in total. The molecular formula is C11H21NO3. The van der Waals surface area contributed by atoms with Gasteiger partial charge in [0.05, 0.1) is 11.2 Å². The molecule has 1 saturated heterocycles. The van der Waals surface area contributed by atoms with Crippen molar-refractivity contribution >= 4 is 5.97 Å². The molecule has 1 unspecified atom stereocenters. The fourth-order valence-electron chi connectivity index (χ4n) is 2.86. The number of aliphatic carboxylic acids is 1. The van der Waals surface area contributed by atoms with Crippen LogP contribution >= 0.6 is 0 Å². The third kappa shape index (κ3) is 1.66. The van der Waals surface area contributed by atoms with Crippen LogP contribution in [0.15, 0.2) is 0 Å². The molecule has 1 aliphatic rings. The SMILES string of the molecule is CN(C)C1(C(=O)O)CC(C)(C)OC1(C)C. The Kier molecular flexibility index (Phi) is 2.65. The average Bonchev–Trinajstić information content (AvgIpc) is 2.15. The van der Waals surface area contributed by atoms with Gasteiger partial charge >= 0.3 is 5.97 Å². The highest BCUT2D eigenvalue weighted by atomic mass is 16.5. The lowest BCUT2D eigenvalue weighted by molar-refractivity contribution is -0.162. The van der Waals surface area contributed by atoms with Gasteiger partial charge in [0, 0.05) is 6.42 Å². The first kappa shape index (κ1) is 12.5. The Labute approximate surface area is 91.2 Å². The van der Waals surface area contributed by atoms with Crippen molar-refractivity contribution in [1.29, 1.82) is 0 Å². The molecule has 1 atom stereocenters. The quantitative estimate of drug-likeness (QED) is 0.755. The molecule has 0 aromatic carbocycles. The number of carboxylic acid groups (broad SMARTS) is 1. The molecule has 1 N–H and O–H groups in total. The number of hydrogen-bond donors (Lipinski definition) is 1. The van der Waals surface area contributed by atoms with Crippen molar-refractivity contribution in [1.82, 2.24) is 4.90 Å². The first-order chi connectivity index (χ1) is 6.55. The van der Waals surface area contributed by atoms with Crippen molar-refractivity contribution < 1.29 is 14.6 Å². The number of ether oxygens (including phenoxy) is 1. The van der Waals surface area contributed by atoms with Gasteiger partial charge < -0.3 is 9.84 Å². The molecule has 15 heavy (non-hydrogen) atoms. The van der Waals surface area contributed by atoms with Crippen molar-refractivity contribution in [3.8, 4) is 0 Å². The maximum absolute atomic E-state index is 11.5. The number of hydrogen-bond acceptors (Lipinski definition) is 3. The van der Waals surface area contributed by atoms with Crippen LogP contribution in [0.1, 0.15) is 34.1 Å². The summed E-state index contributed by atoms with van der Waals surface area (Å²) in [5, 5.41) is 9.48. The van der Waals surface area contributed by atoms with Crippen molar-refractivity contribution in [3.05, 3.63) is 0 Å². The summed E-state index contributed by atoms with van der Waals surface area (Å²) in [4.78, 5) is 13.3. The molecular weight excluding hydrogens is 194 g/mol. The predicted octanol–water partition coefficient (Wildman–Crippen LogP) is 1.35. The van der Waals surface area contributed by atoms with E-state index in [9.17, 15) is 9.90 Å². The van der Waals surface area contributed by atoms with E-state index in [1.165, 1.54) is 0 Å². The van der Waals surface area contributed by atoms with Gasteiger partial charge in [0.1, 0.15) is 0 Å². The zero-order valence-corrected chi connectivity index (χ0v) is 10.4. The molecule has 0 amide bonds. The third-order valence-corrected chi connectivity index (χ3v) is 3.33. The van der Waals surface area contributed by atoms with Crippen LogP contribution in [0.2, 0.25) is 0 Å². The zero-order valence-electron chi connectivity index (χ0n) is 10.4. The molecule has 0 bridgehead atoms. The molecule has 0 spiro atoms. The summed E-state index contributed by atoms with van der Waals surface area (Å²) < 4.78 is 5.85. The summed E-state index contributed by atoms with van der Waals surface area (Å²) in [6.45, 7) is 7.55. The molecule has 4 heteroatoms. The second-order valence-corrected chi connectivity index (χ2v) is 5.61. The van der Waals surface area contributed by atoms with Gasteiger partial charge in [-0.2, -0.15) is 0 Å². The van der Waals surface area contributed by atoms with Gasteiger partial charge in [-0.05, 0) is 41.8 Å². The maximum atomic E-state index is 11.5. The number of carboxylic acids is 1. The molecule has 0 aliphatic carbocycles. The molecule has 0 radical (unpaired) electrons. The predicted molar refractivity (Wildman–Crippen MR) is 57.9 cm³/mol. The van der Waals surface area contributed by atoms with E-state index in [0.29, 0.717) is 6.42 Å². The van der Waals surface area contributed by atoms with E-state index >= 15 is 0 Å². The summed E-state index contributed by atoms with van der Waals surface area (Å²) in [6, 6.07) is 0. The third-order valence-electron chi connectivity index (χ3n) is 3.33. The second-order valence-electron chi connectivity index (χ2n) is 5.61. The van der Waals surface area contributed by atoms with Gasteiger partial charge in [-0.3, -0.25) is 9.69 Å². The average molecular weight is 215 g/mol. The van der Waals surface area contributed by atoms with E-state index in [1.807, 2.05) is 27.7 Å². The Hall–Kier alpha value is -0.610. The highest BCUT2D eigenvalue weighted by molar-refractivity contribution is 5.81. The fraction of sp³-hybridized carbons (Fsp3) is 0.909. The molecule has 0 aromatic heterocycles. The van der Waals surface area contributed by atoms with Gasteiger partial charge in [0.15, 0.2) is 5.54 Å². The minimum Gasteiger partial charge on any atom is -0.480 e. The number of nitrogens with zero attached hydrogens (tertiary/aromatic N) is 1. The van der Waals surface area contributed by atoms with Crippen LogP contribution in [-0.2, 0) is 9.53 Å². The van der Waals surface area contributed by atoms with Gasteiger partial charge in [-0.15, -0.1) is 0 Å². The number of rotatable bonds is 2. The van der Waals surface area contributed by atoms with E-state index in [0.717, 1.165) is 0 Å². The van der Waals surface area contributed by atoms with E-state index in [1.54, 1.807) is 19.0 Å². The van der Waals surface area contributed by atoms with E-state index < -0.39 is 22.7 Å². The maximum Gasteiger partial charge on any atom is 0.327 e. The van der Waals surface area contributed by atoms with Crippen LogP contribution in [0, 0.1) is 0 Å². The van der Waals surface area contributed by atoms with Crippen molar-refractivity contribution in [3.63, 3.8) is 0 Å². The molecule has 0 saturated carbocycles. The molecule has 0 aromatic rings.